The number of Topliss-reactive ketones (excluding diaryl/α,β-unsaturated/α-hetero) is 1. The molecule has 224 valence electrons. The minimum atomic E-state index is -4.87. The van der Waals surface area contributed by atoms with Gasteiger partial charge in [0.1, 0.15) is 5.78 Å². The van der Waals surface area contributed by atoms with E-state index in [2.05, 4.69) is 55.0 Å². The monoisotopic (exact) mass is 679 g/mol. The number of carbonyl (C=O) groups excluding carboxylic acids is 2. The van der Waals surface area contributed by atoms with Crippen LogP contribution in [-0.4, -0.2) is 30.8 Å². The summed E-state index contributed by atoms with van der Waals surface area (Å²) in [5, 5.41) is 3.25. The number of ketones is 1. The predicted molar refractivity (Wildman–Crippen MR) is 157 cm³/mol. The normalized spacial score (nSPS) is 38.1. The molecule has 41 heavy (non-hydrogen) atoms. The Hall–Kier alpha value is 0.190. The van der Waals surface area contributed by atoms with Gasteiger partial charge in [-0.3, -0.25) is 13.8 Å². The molecular formula is C30H43BrNNaO6S2. The third-order valence-electron chi connectivity index (χ3n) is 11.7. The van der Waals surface area contributed by atoms with Gasteiger partial charge in [0, 0.05) is 24.1 Å². The van der Waals surface area contributed by atoms with Crippen molar-refractivity contribution in [2.45, 2.75) is 104 Å². The van der Waals surface area contributed by atoms with Crippen LogP contribution in [0.15, 0.2) is 15.9 Å². The number of nitrogens with one attached hydrogen (secondary N) is 1. The molecule has 0 bridgehead atoms. The van der Waals surface area contributed by atoms with Crippen LogP contribution in [0.2, 0.25) is 0 Å². The number of amides is 1. The van der Waals surface area contributed by atoms with Crippen LogP contribution in [-0.2, 0) is 24.2 Å². The zero-order valence-electron chi connectivity index (χ0n) is 25.0. The van der Waals surface area contributed by atoms with Gasteiger partial charge in [0.25, 0.3) is 0 Å². The fourth-order valence-electron chi connectivity index (χ4n) is 9.79. The zero-order valence-corrected chi connectivity index (χ0v) is 30.2. The maximum atomic E-state index is 13.2. The molecule has 4 aliphatic rings. The minimum Gasteiger partial charge on any atom is -0.726 e. The predicted octanol–water partition coefficient (Wildman–Crippen LogP) is 3.79. The average Bonchev–Trinajstić information content (AvgIpc) is 3.45. The summed E-state index contributed by atoms with van der Waals surface area (Å²) in [5.41, 5.74) is -0.0898. The molecule has 10 atom stereocenters. The van der Waals surface area contributed by atoms with Gasteiger partial charge in [0.15, 0.2) is 0 Å². The quantitative estimate of drug-likeness (QED) is 0.254. The van der Waals surface area contributed by atoms with E-state index >= 15 is 0 Å². The summed E-state index contributed by atoms with van der Waals surface area (Å²) < 4.78 is 42.0. The molecular weight excluding hydrogens is 637 g/mol. The van der Waals surface area contributed by atoms with Crippen molar-refractivity contribution in [3.05, 3.63) is 20.8 Å². The molecule has 0 radical (unpaired) electrons. The molecule has 0 spiro atoms. The molecule has 0 unspecified atom stereocenters. The Labute approximate surface area is 280 Å². The van der Waals surface area contributed by atoms with Crippen LogP contribution in [0.3, 0.4) is 0 Å². The average molecular weight is 681 g/mol. The van der Waals surface area contributed by atoms with E-state index in [4.69, 9.17) is 4.18 Å². The van der Waals surface area contributed by atoms with Crippen LogP contribution in [0.25, 0.3) is 0 Å². The standard InChI is InChI=1S/C30H44BrNO6S2.Na/c1-5-23(25-8-9-26(31)39-25)32-27(34)14-17(2)20-6-7-21-28-22(11-13-30(20,21)4)29(3)12-10-19(33)15-18(29)16-24(28)38-40(35,36)37;/h8-9,17-18,20-24,28H,5-7,10-16H2,1-4H3,(H,32,34)(H,35,36,37);/q;+1/p-1/t17-,18+,20-,21+,22+,23-,24-,28+,29+,30-;/m1./s1. The third-order valence-corrected chi connectivity index (χ3v) is 13.9. The number of carbonyl (C=O) groups is 2. The SMILES string of the molecule is CC[C@@H](NC(=O)C[C@@H](C)[C@H]1CC[C@H]2[C@@H]3[C@H](OS(=O)(=O)[O-])C[C@@H]4CC(=O)CC[C@]4(C)[C@H]3CC[C@]12C)c1ccc(Br)s1.[Na+]. The maximum Gasteiger partial charge on any atom is 1.00 e. The Morgan fingerprint density at radius 1 is 1.20 bits per heavy atom. The summed E-state index contributed by atoms with van der Waals surface area (Å²) in [6.07, 6.45) is 6.84. The van der Waals surface area contributed by atoms with E-state index in [0.717, 1.165) is 47.2 Å². The van der Waals surface area contributed by atoms with Crippen molar-refractivity contribution in [1.29, 1.82) is 0 Å². The van der Waals surface area contributed by atoms with Crippen molar-refractivity contribution in [3.8, 4) is 0 Å². The largest absolute Gasteiger partial charge is 1.00 e. The van der Waals surface area contributed by atoms with E-state index in [1.807, 2.05) is 6.07 Å². The molecule has 1 aromatic rings. The molecule has 0 aromatic carbocycles. The van der Waals surface area contributed by atoms with Crippen LogP contribution < -0.4 is 34.9 Å². The molecule has 5 rings (SSSR count). The first-order valence-electron chi connectivity index (χ1n) is 15.0. The fourth-order valence-corrected chi connectivity index (χ4v) is 11.9. The smallest absolute Gasteiger partial charge is 0.726 e. The summed E-state index contributed by atoms with van der Waals surface area (Å²) in [6.45, 7) is 8.90. The number of fused-ring (bicyclic) bond motifs is 5. The second-order valence-corrected chi connectivity index (χ2v) is 17.1. The van der Waals surface area contributed by atoms with Gasteiger partial charge in [-0.2, -0.15) is 0 Å². The maximum absolute atomic E-state index is 13.2. The van der Waals surface area contributed by atoms with E-state index in [-0.39, 0.29) is 87.7 Å². The Morgan fingerprint density at radius 2 is 1.90 bits per heavy atom. The number of halogens is 1. The van der Waals surface area contributed by atoms with E-state index in [9.17, 15) is 22.6 Å². The van der Waals surface area contributed by atoms with Crippen molar-refractivity contribution in [2.24, 2.45) is 46.3 Å². The summed E-state index contributed by atoms with van der Waals surface area (Å²) in [4.78, 5) is 26.7. The van der Waals surface area contributed by atoms with E-state index in [1.165, 1.54) is 0 Å². The first kappa shape index (κ1) is 34.1. The fraction of sp³-hybridized carbons (Fsp3) is 0.800. The first-order chi connectivity index (χ1) is 18.7. The van der Waals surface area contributed by atoms with Gasteiger partial charge >= 0.3 is 29.6 Å². The Morgan fingerprint density at radius 3 is 2.54 bits per heavy atom. The number of thiophene rings is 1. The molecule has 11 heteroatoms. The molecule has 4 saturated carbocycles. The molecule has 1 N–H and O–H groups in total. The van der Waals surface area contributed by atoms with Gasteiger partial charge < -0.3 is 9.87 Å². The molecule has 1 heterocycles. The molecule has 7 nitrogen and oxygen atoms in total. The van der Waals surface area contributed by atoms with Crippen molar-refractivity contribution in [2.75, 3.05) is 0 Å². The molecule has 4 aliphatic carbocycles. The Kier molecular flexibility index (Phi) is 10.7. The van der Waals surface area contributed by atoms with Gasteiger partial charge in [-0.05, 0) is 119 Å². The number of hydrogen-bond donors (Lipinski definition) is 1. The molecule has 1 amide bonds. The van der Waals surface area contributed by atoms with Crippen LogP contribution in [0.1, 0.15) is 103 Å². The third kappa shape index (κ3) is 6.75. The van der Waals surface area contributed by atoms with Gasteiger partial charge in [0.05, 0.1) is 15.9 Å². The van der Waals surface area contributed by atoms with Crippen molar-refractivity contribution >= 4 is 49.4 Å². The van der Waals surface area contributed by atoms with Crippen LogP contribution in [0.4, 0.5) is 0 Å². The van der Waals surface area contributed by atoms with Gasteiger partial charge in [-0.15, -0.1) is 11.3 Å². The molecule has 0 saturated heterocycles. The van der Waals surface area contributed by atoms with Gasteiger partial charge in [-0.1, -0.05) is 27.7 Å². The first-order valence-corrected chi connectivity index (χ1v) is 17.9. The summed E-state index contributed by atoms with van der Waals surface area (Å²) in [6, 6.07) is 4.08. The Bertz CT molecular complexity index is 1240. The van der Waals surface area contributed by atoms with E-state index in [0.29, 0.717) is 31.6 Å². The number of hydrogen-bond acceptors (Lipinski definition) is 7. The second-order valence-electron chi connectivity index (χ2n) is 13.6. The minimum absolute atomic E-state index is 0. The van der Waals surface area contributed by atoms with E-state index in [1.54, 1.807) is 11.3 Å². The van der Waals surface area contributed by atoms with Crippen molar-refractivity contribution in [1.82, 2.24) is 5.32 Å². The van der Waals surface area contributed by atoms with Crippen LogP contribution >= 0.6 is 27.3 Å². The number of rotatable bonds is 8. The van der Waals surface area contributed by atoms with E-state index < -0.39 is 16.5 Å². The zero-order chi connectivity index (χ0) is 29.0. The van der Waals surface area contributed by atoms with Gasteiger partial charge in [0.2, 0.25) is 16.3 Å². The summed E-state index contributed by atoms with van der Waals surface area (Å²) >= 11 is 5.17. The second kappa shape index (κ2) is 12.9. The van der Waals surface area contributed by atoms with Crippen LogP contribution in [0, 0.1) is 46.3 Å². The molecule has 4 fully saturated rings. The van der Waals surface area contributed by atoms with Crippen molar-refractivity contribution in [3.63, 3.8) is 0 Å². The van der Waals surface area contributed by atoms with Crippen molar-refractivity contribution < 1.29 is 56.3 Å². The Balaban J connectivity index is 0.00000387. The molecule has 1 aromatic heterocycles. The van der Waals surface area contributed by atoms with Gasteiger partial charge in [-0.25, -0.2) is 8.42 Å². The topological polar surface area (TPSA) is 113 Å². The summed E-state index contributed by atoms with van der Waals surface area (Å²) in [7, 11) is -4.87. The molecule has 0 aliphatic heterocycles. The van der Waals surface area contributed by atoms with Crippen LogP contribution in [0.5, 0.6) is 0 Å². The summed E-state index contributed by atoms with van der Waals surface area (Å²) in [5.74, 6) is 1.32.